The number of nitrogens with two attached hydrogens (primary N) is 1. The Bertz CT molecular complexity index is 661. The molecule has 0 aliphatic carbocycles. The van der Waals surface area contributed by atoms with Crippen LogP contribution in [-0.4, -0.2) is 54.3 Å². The molecule has 10 nitrogen and oxygen atoms in total. The summed E-state index contributed by atoms with van der Waals surface area (Å²) in [5, 5.41) is 7.56. The van der Waals surface area contributed by atoms with E-state index in [2.05, 4.69) is 16.0 Å². The number of rotatable bonds is 17. The van der Waals surface area contributed by atoms with Gasteiger partial charge < -0.3 is 26.4 Å². The maximum atomic E-state index is 12.2. The molecule has 0 aliphatic rings. The number of ether oxygens (including phenoxy) is 1. The lowest BCUT2D eigenvalue weighted by Crippen LogP contribution is -2.45. The molecular weight excluding hydrogens is 428 g/mol. The number of unbranched alkanes of at least 4 members (excludes halogenated alkanes) is 1. The van der Waals surface area contributed by atoms with Crippen LogP contribution in [0.3, 0.4) is 0 Å². The molecule has 4 amide bonds. The fourth-order valence-electron chi connectivity index (χ4n) is 3.27. The van der Waals surface area contributed by atoms with Gasteiger partial charge in [0.2, 0.25) is 11.8 Å². The number of urea groups is 1. The van der Waals surface area contributed by atoms with Crippen LogP contribution in [0.4, 0.5) is 4.79 Å². The molecule has 1 atom stereocenters. The van der Waals surface area contributed by atoms with Gasteiger partial charge in [0.15, 0.2) is 5.78 Å². The molecule has 0 rings (SSSR count). The molecular formula is C23H42N4O6. The smallest absolute Gasteiger partial charge is 0.312 e. The number of carbonyl (C=O) groups is 5. The van der Waals surface area contributed by atoms with Crippen molar-refractivity contribution in [2.45, 2.75) is 97.6 Å². The van der Waals surface area contributed by atoms with Gasteiger partial charge in [0.25, 0.3) is 0 Å². The lowest BCUT2D eigenvalue weighted by atomic mass is 9.98. The summed E-state index contributed by atoms with van der Waals surface area (Å²) >= 11 is 0. The van der Waals surface area contributed by atoms with Gasteiger partial charge in [-0.1, -0.05) is 13.8 Å². The first-order chi connectivity index (χ1) is 15.4. The lowest BCUT2D eigenvalue weighted by molar-refractivity contribution is -0.162. The topological polar surface area (TPSA) is 157 Å². The van der Waals surface area contributed by atoms with E-state index < -0.39 is 23.6 Å². The Labute approximate surface area is 197 Å². The summed E-state index contributed by atoms with van der Waals surface area (Å²) in [6, 6.07) is -1.33. The number of ketones is 1. The van der Waals surface area contributed by atoms with Crippen LogP contribution in [0.2, 0.25) is 0 Å². The van der Waals surface area contributed by atoms with Crippen LogP contribution in [0.25, 0.3) is 0 Å². The summed E-state index contributed by atoms with van der Waals surface area (Å²) in [5.41, 5.74) is 4.38. The number of hydrogen-bond donors (Lipinski definition) is 4. The molecule has 0 aromatic carbocycles. The summed E-state index contributed by atoms with van der Waals surface area (Å²) in [6.45, 7) is 9.12. The molecule has 10 heteroatoms. The Kier molecular flexibility index (Phi) is 14.8. The van der Waals surface area contributed by atoms with Crippen LogP contribution in [0, 0.1) is 5.92 Å². The fraction of sp³-hybridized carbons (Fsp3) is 0.783. The van der Waals surface area contributed by atoms with Crippen molar-refractivity contribution in [3.8, 4) is 0 Å². The van der Waals surface area contributed by atoms with Gasteiger partial charge in [0.05, 0.1) is 18.5 Å². The van der Waals surface area contributed by atoms with Crippen LogP contribution in [0.5, 0.6) is 0 Å². The molecule has 0 unspecified atom stereocenters. The SMILES string of the molecule is CCC(CC)C(=O)OC(C)(C)CCCCC(=O)NCC(=O)N[C@@H](CCCNC(N)=O)C(C)=O. The van der Waals surface area contributed by atoms with Crippen LogP contribution in [0.15, 0.2) is 0 Å². The third kappa shape index (κ3) is 14.9. The Morgan fingerprint density at radius 2 is 1.58 bits per heavy atom. The number of Topliss-reactive ketones (excluding diaryl/α,β-unsaturated/α-hetero) is 1. The Hall–Kier alpha value is -2.65. The minimum atomic E-state index is -0.686. The number of carbonyl (C=O) groups excluding carboxylic acids is 5. The summed E-state index contributed by atoms with van der Waals surface area (Å²) in [4.78, 5) is 58.6. The maximum Gasteiger partial charge on any atom is 0.312 e. The normalized spacial score (nSPS) is 12.1. The second kappa shape index (κ2) is 16.0. The van der Waals surface area contributed by atoms with Crippen LogP contribution in [-0.2, 0) is 23.9 Å². The highest BCUT2D eigenvalue weighted by Gasteiger charge is 2.26. The van der Waals surface area contributed by atoms with E-state index in [0.717, 1.165) is 12.8 Å². The predicted molar refractivity (Wildman–Crippen MR) is 125 cm³/mol. The first-order valence-corrected chi connectivity index (χ1v) is 11.7. The van der Waals surface area contributed by atoms with Gasteiger partial charge in [-0.25, -0.2) is 4.79 Å². The number of esters is 1. The molecule has 0 aromatic rings. The van der Waals surface area contributed by atoms with E-state index in [9.17, 15) is 24.0 Å². The van der Waals surface area contributed by atoms with E-state index in [-0.39, 0.29) is 36.5 Å². The molecule has 0 saturated carbocycles. The molecule has 0 spiro atoms. The van der Waals surface area contributed by atoms with E-state index >= 15 is 0 Å². The van der Waals surface area contributed by atoms with Crippen LogP contribution in [0.1, 0.15) is 86.0 Å². The minimum Gasteiger partial charge on any atom is -0.459 e. The third-order valence-electron chi connectivity index (χ3n) is 5.37. The van der Waals surface area contributed by atoms with E-state index in [1.807, 2.05) is 27.7 Å². The number of amides is 4. The van der Waals surface area contributed by atoms with Crippen molar-refractivity contribution in [2.75, 3.05) is 13.1 Å². The largest absolute Gasteiger partial charge is 0.459 e. The molecule has 190 valence electrons. The van der Waals surface area contributed by atoms with Crippen molar-refractivity contribution in [1.29, 1.82) is 0 Å². The molecule has 0 aromatic heterocycles. The highest BCUT2D eigenvalue weighted by Crippen LogP contribution is 2.22. The van der Waals surface area contributed by atoms with Gasteiger partial charge in [-0.05, 0) is 65.7 Å². The highest BCUT2D eigenvalue weighted by molar-refractivity contribution is 5.90. The monoisotopic (exact) mass is 470 g/mol. The summed E-state index contributed by atoms with van der Waals surface area (Å²) in [7, 11) is 0. The van der Waals surface area contributed by atoms with Crippen molar-refractivity contribution in [3.63, 3.8) is 0 Å². The average molecular weight is 471 g/mol. The van der Waals surface area contributed by atoms with Gasteiger partial charge in [-0.3, -0.25) is 19.2 Å². The molecule has 0 saturated heterocycles. The zero-order valence-corrected chi connectivity index (χ0v) is 20.8. The molecule has 0 bridgehead atoms. The summed E-state index contributed by atoms with van der Waals surface area (Å²) in [6.07, 6.45) is 4.51. The zero-order valence-electron chi connectivity index (χ0n) is 20.8. The van der Waals surface area contributed by atoms with Crippen molar-refractivity contribution in [3.05, 3.63) is 0 Å². The van der Waals surface area contributed by atoms with Gasteiger partial charge >= 0.3 is 12.0 Å². The fourth-order valence-corrected chi connectivity index (χ4v) is 3.27. The first-order valence-electron chi connectivity index (χ1n) is 11.7. The molecule has 0 fully saturated rings. The quantitative estimate of drug-likeness (QED) is 0.188. The van der Waals surface area contributed by atoms with Gasteiger partial charge in [-0.2, -0.15) is 0 Å². The molecule has 33 heavy (non-hydrogen) atoms. The van der Waals surface area contributed by atoms with E-state index in [1.165, 1.54) is 6.92 Å². The number of nitrogens with one attached hydrogen (secondary N) is 3. The summed E-state index contributed by atoms with van der Waals surface area (Å²) < 4.78 is 5.62. The van der Waals surface area contributed by atoms with Gasteiger partial charge in [0.1, 0.15) is 5.60 Å². The maximum absolute atomic E-state index is 12.2. The van der Waals surface area contributed by atoms with E-state index in [1.54, 1.807) is 0 Å². The lowest BCUT2D eigenvalue weighted by Gasteiger charge is -2.27. The molecule has 5 N–H and O–H groups in total. The Balaban J connectivity index is 4.19. The second-order valence-corrected chi connectivity index (χ2v) is 8.84. The highest BCUT2D eigenvalue weighted by atomic mass is 16.6. The Morgan fingerprint density at radius 3 is 2.12 bits per heavy atom. The zero-order chi connectivity index (χ0) is 25.4. The second-order valence-electron chi connectivity index (χ2n) is 8.84. The van der Waals surface area contributed by atoms with Crippen molar-refractivity contribution in [1.82, 2.24) is 16.0 Å². The van der Waals surface area contributed by atoms with Gasteiger partial charge in [-0.15, -0.1) is 0 Å². The minimum absolute atomic E-state index is 0.0874. The first kappa shape index (κ1) is 30.4. The molecule has 0 heterocycles. The van der Waals surface area contributed by atoms with Crippen molar-refractivity contribution in [2.24, 2.45) is 11.7 Å². The van der Waals surface area contributed by atoms with Gasteiger partial charge in [0, 0.05) is 13.0 Å². The van der Waals surface area contributed by atoms with Crippen LogP contribution < -0.4 is 21.7 Å². The van der Waals surface area contributed by atoms with E-state index in [0.29, 0.717) is 38.6 Å². The molecule has 0 aliphatic heterocycles. The Morgan fingerprint density at radius 1 is 0.939 bits per heavy atom. The number of hydrogen-bond acceptors (Lipinski definition) is 6. The number of primary amides is 1. The van der Waals surface area contributed by atoms with Crippen molar-refractivity contribution >= 4 is 29.6 Å². The standard InChI is InChI=1S/C23H42N4O6/c1-6-17(7-2)21(31)33-23(4,5)13-9-8-12-19(29)26-15-20(30)27-18(16(3)28)11-10-14-25-22(24)32/h17-18H,6-15H2,1-5H3,(H,26,29)(H,27,30)(H3,24,25,32)/t18-/m0/s1. The predicted octanol–water partition coefficient (Wildman–Crippen LogP) is 1.94. The third-order valence-corrected chi connectivity index (χ3v) is 5.37. The molecule has 0 radical (unpaired) electrons. The summed E-state index contributed by atoms with van der Waals surface area (Å²) in [5.74, 6) is -1.19. The van der Waals surface area contributed by atoms with Crippen molar-refractivity contribution < 1.29 is 28.7 Å². The van der Waals surface area contributed by atoms with E-state index in [4.69, 9.17) is 10.5 Å². The average Bonchev–Trinajstić information content (AvgIpc) is 2.72. The van der Waals surface area contributed by atoms with Crippen LogP contribution >= 0.6 is 0 Å².